The maximum absolute atomic E-state index is 10.8. The molecule has 0 radical (unpaired) electrons. The van der Waals surface area contributed by atoms with Crippen LogP contribution in [0.4, 0.5) is 0 Å². The van der Waals surface area contributed by atoms with Crippen LogP contribution in [0, 0.1) is 0 Å². The van der Waals surface area contributed by atoms with Gasteiger partial charge in [0.2, 0.25) is 0 Å². The first-order valence-electron chi connectivity index (χ1n) is 4.37. The summed E-state index contributed by atoms with van der Waals surface area (Å²) in [5.74, 6) is -0.646. The Labute approximate surface area is 77.2 Å². The molecular weight excluding hydrogens is 168 g/mol. The summed E-state index contributed by atoms with van der Waals surface area (Å²) in [5.41, 5.74) is 1.10. The van der Waals surface area contributed by atoms with Gasteiger partial charge in [0.1, 0.15) is 5.69 Å². The number of aromatic carboxylic acids is 1. The Morgan fingerprint density at radius 2 is 2.31 bits per heavy atom. The van der Waals surface area contributed by atoms with Crippen LogP contribution in [0.1, 0.15) is 42.9 Å². The van der Waals surface area contributed by atoms with Crippen molar-refractivity contribution in [1.29, 1.82) is 0 Å². The first-order valence-corrected chi connectivity index (χ1v) is 4.37. The summed E-state index contributed by atoms with van der Waals surface area (Å²) >= 11 is 0. The molecule has 0 atom stereocenters. The molecule has 0 spiro atoms. The smallest absolute Gasteiger partial charge is 0.354 e. The Hall–Kier alpha value is -1.32. The fourth-order valence-electron chi connectivity index (χ4n) is 1.13. The Balaban J connectivity index is 3.11. The zero-order valence-corrected chi connectivity index (χ0v) is 8.11. The second kappa shape index (κ2) is 3.60. The summed E-state index contributed by atoms with van der Waals surface area (Å²) in [5, 5.41) is 13.0. The highest BCUT2D eigenvalue weighted by molar-refractivity contribution is 5.85. The molecule has 1 rings (SSSR count). The van der Waals surface area contributed by atoms with Crippen LogP contribution >= 0.6 is 0 Å². The predicted molar refractivity (Wildman–Crippen MR) is 48.9 cm³/mol. The molecule has 0 bridgehead atoms. The Bertz CT molecular complexity index is 315. The molecule has 1 N–H and O–H groups in total. The third-order valence-electron chi connectivity index (χ3n) is 1.91. The van der Waals surface area contributed by atoms with E-state index in [0.717, 1.165) is 5.69 Å². The van der Waals surface area contributed by atoms with Crippen molar-refractivity contribution >= 4 is 5.97 Å². The van der Waals surface area contributed by atoms with Crippen LogP contribution in [0.2, 0.25) is 0 Å². The topological polar surface area (TPSA) is 55.1 Å². The average molecular weight is 182 g/mol. The van der Waals surface area contributed by atoms with Gasteiger partial charge >= 0.3 is 5.97 Å². The van der Waals surface area contributed by atoms with E-state index in [1.807, 2.05) is 20.8 Å². The quantitative estimate of drug-likeness (QED) is 0.774. The Kier molecular flexibility index (Phi) is 2.70. The van der Waals surface area contributed by atoms with Crippen molar-refractivity contribution in [1.82, 2.24) is 9.78 Å². The van der Waals surface area contributed by atoms with Crippen LogP contribution in [-0.2, 0) is 6.54 Å². The highest BCUT2D eigenvalue weighted by Crippen LogP contribution is 2.14. The third-order valence-corrected chi connectivity index (χ3v) is 1.91. The monoisotopic (exact) mass is 182 g/mol. The van der Waals surface area contributed by atoms with Crippen LogP contribution in [0.25, 0.3) is 0 Å². The SMILES string of the molecule is CCn1nc(C(C)C)cc1C(=O)O. The zero-order valence-electron chi connectivity index (χ0n) is 8.11. The van der Waals surface area contributed by atoms with Crippen molar-refractivity contribution in [2.45, 2.75) is 33.2 Å². The summed E-state index contributed by atoms with van der Waals surface area (Å²) < 4.78 is 1.51. The highest BCUT2D eigenvalue weighted by atomic mass is 16.4. The van der Waals surface area contributed by atoms with Gasteiger partial charge < -0.3 is 5.11 Å². The zero-order chi connectivity index (χ0) is 10.0. The molecule has 0 unspecified atom stereocenters. The van der Waals surface area contributed by atoms with Gasteiger partial charge in [0.05, 0.1) is 5.69 Å². The van der Waals surface area contributed by atoms with Crippen LogP contribution in [0.15, 0.2) is 6.07 Å². The number of carbonyl (C=O) groups is 1. The van der Waals surface area contributed by atoms with Gasteiger partial charge in [-0.1, -0.05) is 13.8 Å². The van der Waals surface area contributed by atoms with E-state index in [9.17, 15) is 4.79 Å². The minimum absolute atomic E-state index is 0.269. The second-order valence-corrected chi connectivity index (χ2v) is 3.23. The summed E-state index contributed by atoms with van der Waals surface area (Å²) in [7, 11) is 0. The molecule has 0 aliphatic heterocycles. The van der Waals surface area contributed by atoms with E-state index in [0.29, 0.717) is 6.54 Å². The molecule has 1 aromatic heterocycles. The summed E-state index contributed by atoms with van der Waals surface area (Å²) in [6, 6.07) is 1.64. The van der Waals surface area contributed by atoms with Crippen LogP contribution in [0.5, 0.6) is 0 Å². The lowest BCUT2D eigenvalue weighted by atomic mass is 10.1. The van der Waals surface area contributed by atoms with Gasteiger partial charge in [-0.3, -0.25) is 4.68 Å². The molecule has 0 saturated heterocycles. The fourth-order valence-corrected chi connectivity index (χ4v) is 1.13. The molecule has 0 amide bonds. The summed E-state index contributed by atoms with van der Waals surface area (Å²) in [6.07, 6.45) is 0. The average Bonchev–Trinajstić information content (AvgIpc) is 2.47. The van der Waals surface area contributed by atoms with Gasteiger partial charge in [-0.15, -0.1) is 0 Å². The van der Waals surface area contributed by atoms with E-state index in [2.05, 4.69) is 5.10 Å². The van der Waals surface area contributed by atoms with Crippen LogP contribution in [-0.4, -0.2) is 20.9 Å². The second-order valence-electron chi connectivity index (χ2n) is 3.23. The van der Waals surface area contributed by atoms with Crippen molar-refractivity contribution in [2.24, 2.45) is 0 Å². The third kappa shape index (κ3) is 1.88. The van der Waals surface area contributed by atoms with Gasteiger partial charge in [-0.05, 0) is 18.9 Å². The van der Waals surface area contributed by atoms with E-state index in [1.165, 1.54) is 4.68 Å². The standard InChI is InChI=1S/C9H14N2O2/c1-4-11-8(9(12)13)5-7(10-11)6(2)3/h5-6H,4H2,1-3H3,(H,12,13). The number of rotatable bonds is 3. The minimum atomic E-state index is -0.916. The first kappa shape index (κ1) is 9.77. The van der Waals surface area contributed by atoms with Gasteiger partial charge in [0.25, 0.3) is 0 Å². The number of hydrogen-bond acceptors (Lipinski definition) is 2. The molecule has 13 heavy (non-hydrogen) atoms. The molecule has 0 aliphatic carbocycles. The number of carboxylic acid groups (broad SMARTS) is 1. The fraction of sp³-hybridized carbons (Fsp3) is 0.556. The van der Waals surface area contributed by atoms with Crippen LogP contribution < -0.4 is 0 Å². The number of hydrogen-bond donors (Lipinski definition) is 1. The van der Waals surface area contributed by atoms with E-state index < -0.39 is 5.97 Å². The van der Waals surface area contributed by atoms with E-state index in [-0.39, 0.29) is 11.6 Å². The van der Waals surface area contributed by atoms with E-state index in [1.54, 1.807) is 6.07 Å². The Morgan fingerprint density at radius 3 is 2.62 bits per heavy atom. The normalized spacial score (nSPS) is 10.8. The molecule has 0 saturated carbocycles. The minimum Gasteiger partial charge on any atom is -0.477 e. The van der Waals surface area contributed by atoms with Crippen molar-refractivity contribution in [3.63, 3.8) is 0 Å². The molecule has 4 heteroatoms. The lowest BCUT2D eigenvalue weighted by molar-refractivity contribution is 0.0683. The number of carboxylic acids is 1. The number of aryl methyl sites for hydroxylation is 1. The van der Waals surface area contributed by atoms with Gasteiger partial charge in [-0.2, -0.15) is 5.10 Å². The van der Waals surface area contributed by atoms with E-state index in [4.69, 9.17) is 5.11 Å². The molecule has 0 fully saturated rings. The molecule has 0 aromatic carbocycles. The lowest BCUT2D eigenvalue weighted by Crippen LogP contribution is -2.08. The Morgan fingerprint density at radius 1 is 1.69 bits per heavy atom. The maximum Gasteiger partial charge on any atom is 0.354 e. The first-order chi connectivity index (χ1) is 6.06. The predicted octanol–water partition coefficient (Wildman–Crippen LogP) is 1.72. The summed E-state index contributed by atoms with van der Waals surface area (Å²) in [4.78, 5) is 10.8. The number of aromatic nitrogens is 2. The van der Waals surface area contributed by atoms with E-state index >= 15 is 0 Å². The molecule has 1 heterocycles. The van der Waals surface area contributed by atoms with Crippen LogP contribution in [0.3, 0.4) is 0 Å². The molecule has 0 aliphatic rings. The lowest BCUT2D eigenvalue weighted by Gasteiger charge is -1.98. The van der Waals surface area contributed by atoms with Crippen molar-refractivity contribution in [3.05, 3.63) is 17.5 Å². The van der Waals surface area contributed by atoms with Gasteiger partial charge in [0.15, 0.2) is 0 Å². The summed E-state index contributed by atoms with van der Waals surface area (Å²) in [6.45, 7) is 6.46. The number of nitrogens with zero attached hydrogens (tertiary/aromatic N) is 2. The largest absolute Gasteiger partial charge is 0.477 e. The van der Waals surface area contributed by atoms with Crippen molar-refractivity contribution in [3.8, 4) is 0 Å². The molecule has 4 nitrogen and oxygen atoms in total. The van der Waals surface area contributed by atoms with Crippen molar-refractivity contribution < 1.29 is 9.90 Å². The maximum atomic E-state index is 10.8. The molecule has 72 valence electrons. The highest BCUT2D eigenvalue weighted by Gasteiger charge is 2.14. The van der Waals surface area contributed by atoms with Gasteiger partial charge in [-0.25, -0.2) is 4.79 Å². The molecular formula is C9H14N2O2. The van der Waals surface area contributed by atoms with Gasteiger partial charge in [0, 0.05) is 6.54 Å². The van der Waals surface area contributed by atoms with Crippen molar-refractivity contribution in [2.75, 3.05) is 0 Å². The molecule has 1 aromatic rings.